The Labute approximate surface area is 139 Å². The standard InChI is InChI=1S/C19H15FN4/c20-13-7-5-12(6-8-13)17-14-3-1-2-4-15(14)18(24)16(9-21)19(17,10-22)11-23/h4-8,14,17H,1-3,24H2/t14-,17+/m1/s1. The molecule has 0 amide bonds. The number of nitrogens with two attached hydrogens (primary N) is 1. The summed E-state index contributed by atoms with van der Waals surface area (Å²) in [5, 5.41) is 29.2. The topological polar surface area (TPSA) is 97.4 Å². The van der Waals surface area contributed by atoms with Crippen LogP contribution >= 0.6 is 0 Å². The highest BCUT2D eigenvalue weighted by molar-refractivity contribution is 5.58. The summed E-state index contributed by atoms with van der Waals surface area (Å²) in [6.45, 7) is 0. The number of halogens is 1. The molecule has 0 spiro atoms. The van der Waals surface area contributed by atoms with Crippen molar-refractivity contribution >= 4 is 0 Å². The van der Waals surface area contributed by atoms with E-state index in [4.69, 9.17) is 5.73 Å². The fourth-order valence-electron chi connectivity index (χ4n) is 3.95. The highest BCUT2D eigenvalue weighted by atomic mass is 19.1. The summed E-state index contributed by atoms with van der Waals surface area (Å²) in [6.07, 6.45) is 4.55. The number of hydrogen-bond donors (Lipinski definition) is 1. The molecule has 0 aromatic heterocycles. The minimum Gasteiger partial charge on any atom is -0.398 e. The molecule has 118 valence electrons. The summed E-state index contributed by atoms with van der Waals surface area (Å²) >= 11 is 0. The molecule has 2 atom stereocenters. The van der Waals surface area contributed by atoms with Crippen LogP contribution < -0.4 is 5.73 Å². The second-order valence-corrected chi connectivity index (χ2v) is 6.16. The van der Waals surface area contributed by atoms with Crippen LogP contribution in [0.1, 0.15) is 30.7 Å². The van der Waals surface area contributed by atoms with E-state index in [1.807, 2.05) is 12.1 Å². The third kappa shape index (κ3) is 2.08. The van der Waals surface area contributed by atoms with Crippen LogP contribution in [0.5, 0.6) is 0 Å². The van der Waals surface area contributed by atoms with Crippen LogP contribution in [0.4, 0.5) is 4.39 Å². The van der Waals surface area contributed by atoms with Gasteiger partial charge >= 0.3 is 0 Å². The molecule has 0 unspecified atom stereocenters. The van der Waals surface area contributed by atoms with Crippen molar-refractivity contribution in [2.75, 3.05) is 0 Å². The molecule has 4 nitrogen and oxygen atoms in total. The van der Waals surface area contributed by atoms with E-state index < -0.39 is 11.3 Å². The Bertz CT molecular complexity index is 845. The zero-order valence-electron chi connectivity index (χ0n) is 13.0. The lowest BCUT2D eigenvalue weighted by atomic mass is 9.56. The Kier molecular flexibility index (Phi) is 3.84. The minimum atomic E-state index is -1.66. The van der Waals surface area contributed by atoms with Crippen LogP contribution in [0.3, 0.4) is 0 Å². The van der Waals surface area contributed by atoms with Crippen molar-refractivity contribution in [1.29, 1.82) is 15.8 Å². The SMILES string of the molecule is N#CC1=C(N)C2=CCCC[C@H]2[C@H](c2ccc(F)cc2)C1(C#N)C#N. The summed E-state index contributed by atoms with van der Waals surface area (Å²) in [5.41, 5.74) is 6.28. The molecule has 2 aliphatic rings. The van der Waals surface area contributed by atoms with Gasteiger partial charge in [0.05, 0.1) is 29.5 Å². The van der Waals surface area contributed by atoms with Crippen LogP contribution in [0.25, 0.3) is 0 Å². The van der Waals surface area contributed by atoms with E-state index in [0.717, 1.165) is 24.8 Å². The zero-order valence-corrected chi connectivity index (χ0v) is 13.0. The molecule has 0 saturated carbocycles. The van der Waals surface area contributed by atoms with Crippen LogP contribution in [0, 0.1) is 51.1 Å². The fraction of sp³-hybridized carbons (Fsp3) is 0.316. The molecule has 0 aliphatic heterocycles. The molecule has 0 radical (unpaired) electrons. The van der Waals surface area contributed by atoms with Crippen LogP contribution in [-0.4, -0.2) is 0 Å². The van der Waals surface area contributed by atoms with Gasteiger partial charge in [0.15, 0.2) is 5.41 Å². The van der Waals surface area contributed by atoms with Crippen molar-refractivity contribution in [3.8, 4) is 18.2 Å². The first-order valence-electron chi connectivity index (χ1n) is 7.77. The quantitative estimate of drug-likeness (QED) is 0.857. The Morgan fingerprint density at radius 3 is 2.38 bits per heavy atom. The number of nitriles is 3. The van der Waals surface area contributed by atoms with Crippen LogP contribution in [-0.2, 0) is 0 Å². The van der Waals surface area contributed by atoms with Crippen molar-refractivity contribution in [2.45, 2.75) is 25.2 Å². The molecule has 5 heteroatoms. The molecule has 2 aliphatic carbocycles. The Balaban J connectivity index is 2.32. The number of fused-ring (bicyclic) bond motifs is 1. The highest BCUT2D eigenvalue weighted by Crippen LogP contribution is 2.55. The Morgan fingerprint density at radius 1 is 1.12 bits per heavy atom. The summed E-state index contributed by atoms with van der Waals surface area (Å²) < 4.78 is 13.3. The summed E-state index contributed by atoms with van der Waals surface area (Å²) in [7, 11) is 0. The molecular formula is C19H15FN4. The van der Waals surface area contributed by atoms with E-state index in [9.17, 15) is 20.2 Å². The largest absolute Gasteiger partial charge is 0.398 e. The summed E-state index contributed by atoms with van der Waals surface area (Å²) in [5.74, 6) is -1.05. The average Bonchev–Trinajstić information content (AvgIpc) is 2.62. The lowest BCUT2D eigenvalue weighted by Gasteiger charge is -2.43. The van der Waals surface area contributed by atoms with Gasteiger partial charge in [0.25, 0.3) is 0 Å². The monoisotopic (exact) mass is 318 g/mol. The first-order valence-corrected chi connectivity index (χ1v) is 7.77. The molecule has 3 rings (SSSR count). The summed E-state index contributed by atoms with van der Waals surface area (Å²) in [4.78, 5) is 0. The summed E-state index contributed by atoms with van der Waals surface area (Å²) in [6, 6.07) is 11.9. The lowest BCUT2D eigenvalue weighted by molar-refractivity contribution is 0.322. The van der Waals surface area contributed by atoms with Crippen LogP contribution in [0.2, 0.25) is 0 Å². The second-order valence-electron chi connectivity index (χ2n) is 6.16. The van der Waals surface area contributed by atoms with Gasteiger partial charge in [0.1, 0.15) is 5.82 Å². The average molecular weight is 318 g/mol. The highest BCUT2D eigenvalue weighted by Gasteiger charge is 2.54. The maximum absolute atomic E-state index is 13.3. The molecule has 0 bridgehead atoms. The second kappa shape index (κ2) is 5.84. The number of hydrogen-bond acceptors (Lipinski definition) is 4. The van der Waals surface area contributed by atoms with E-state index in [-0.39, 0.29) is 23.0 Å². The van der Waals surface area contributed by atoms with Gasteiger partial charge in [-0.2, -0.15) is 15.8 Å². The molecule has 0 heterocycles. The predicted molar refractivity (Wildman–Crippen MR) is 85.1 cm³/mol. The fourth-order valence-corrected chi connectivity index (χ4v) is 3.95. The van der Waals surface area contributed by atoms with E-state index in [1.54, 1.807) is 12.1 Å². The molecule has 2 N–H and O–H groups in total. The first-order chi connectivity index (χ1) is 11.6. The Morgan fingerprint density at radius 2 is 1.79 bits per heavy atom. The van der Waals surface area contributed by atoms with Gasteiger partial charge in [-0.25, -0.2) is 4.39 Å². The third-order valence-corrected chi connectivity index (χ3v) is 5.02. The van der Waals surface area contributed by atoms with Gasteiger partial charge in [0.2, 0.25) is 0 Å². The van der Waals surface area contributed by atoms with E-state index in [1.165, 1.54) is 12.1 Å². The molecule has 0 fully saturated rings. The van der Waals surface area contributed by atoms with Gasteiger partial charge in [-0.15, -0.1) is 0 Å². The molecule has 1 aromatic rings. The van der Waals surface area contributed by atoms with Crippen molar-refractivity contribution in [2.24, 2.45) is 17.1 Å². The molecular weight excluding hydrogens is 303 g/mol. The normalized spacial score (nSPS) is 24.8. The van der Waals surface area contributed by atoms with Gasteiger partial charge in [-0.1, -0.05) is 18.2 Å². The minimum absolute atomic E-state index is 0.00576. The molecule has 24 heavy (non-hydrogen) atoms. The van der Waals surface area contributed by atoms with Gasteiger partial charge in [-0.3, -0.25) is 0 Å². The van der Waals surface area contributed by atoms with Crippen molar-refractivity contribution < 1.29 is 4.39 Å². The Hall–Kier alpha value is -3.10. The zero-order chi connectivity index (χ0) is 17.3. The third-order valence-electron chi connectivity index (χ3n) is 5.02. The van der Waals surface area contributed by atoms with Gasteiger partial charge in [0, 0.05) is 5.92 Å². The number of rotatable bonds is 1. The van der Waals surface area contributed by atoms with E-state index >= 15 is 0 Å². The number of nitrogens with zero attached hydrogens (tertiary/aromatic N) is 3. The maximum atomic E-state index is 13.3. The number of allylic oxidation sites excluding steroid dienone is 3. The van der Waals surface area contributed by atoms with Crippen molar-refractivity contribution in [3.05, 3.63) is 58.6 Å². The molecule has 1 aromatic carbocycles. The lowest BCUT2D eigenvalue weighted by Crippen LogP contribution is -2.41. The van der Waals surface area contributed by atoms with Gasteiger partial charge in [-0.05, 0) is 48.4 Å². The van der Waals surface area contributed by atoms with E-state index in [2.05, 4.69) is 12.1 Å². The predicted octanol–water partition coefficient (Wildman–Crippen LogP) is 3.42. The first kappa shape index (κ1) is 15.8. The molecule has 0 saturated heterocycles. The smallest absolute Gasteiger partial charge is 0.187 e. The van der Waals surface area contributed by atoms with E-state index in [0.29, 0.717) is 5.56 Å². The van der Waals surface area contributed by atoms with Crippen LogP contribution in [0.15, 0.2) is 47.2 Å². The van der Waals surface area contributed by atoms with Crippen molar-refractivity contribution in [3.63, 3.8) is 0 Å². The van der Waals surface area contributed by atoms with Crippen molar-refractivity contribution in [1.82, 2.24) is 0 Å². The number of benzene rings is 1. The maximum Gasteiger partial charge on any atom is 0.187 e. The van der Waals surface area contributed by atoms with Gasteiger partial charge < -0.3 is 5.73 Å².